The van der Waals surface area contributed by atoms with Gasteiger partial charge in [-0.15, -0.1) is 0 Å². The molecular weight excluding hydrogens is 294 g/mol. The van der Waals surface area contributed by atoms with E-state index in [1.165, 1.54) is 12.7 Å². The first-order valence-electron chi connectivity index (χ1n) is 7.98. The number of carboxylic acids is 1. The van der Waals surface area contributed by atoms with Crippen molar-refractivity contribution in [1.29, 1.82) is 0 Å². The Morgan fingerprint density at radius 1 is 1.22 bits per heavy atom. The van der Waals surface area contributed by atoms with Crippen LogP contribution in [0, 0.1) is 0 Å². The number of methoxy groups -OCH3 is 1. The number of carbonyl (C=O) groups excluding carboxylic acids is 1. The average Bonchev–Trinajstić information content (AvgIpc) is 2.45. The fourth-order valence-electron chi connectivity index (χ4n) is 2.55. The maximum Gasteiger partial charge on any atom is 0.305 e. The maximum absolute atomic E-state index is 12.2. The number of hydrogen-bond acceptors (Lipinski definition) is 3. The Kier molecular flexibility index (Phi) is 7.75. The summed E-state index contributed by atoms with van der Waals surface area (Å²) in [7, 11) is 1.49. The van der Waals surface area contributed by atoms with Crippen LogP contribution in [0.3, 0.4) is 0 Å². The van der Waals surface area contributed by atoms with E-state index in [0.717, 1.165) is 24.8 Å². The predicted molar refractivity (Wildman–Crippen MR) is 89.4 cm³/mol. The van der Waals surface area contributed by atoms with E-state index in [1.807, 2.05) is 24.3 Å². The molecule has 5 nitrogen and oxygen atoms in total. The summed E-state index contributed by atoms with van der Waals surface area (Å²) in [6.07, 6.45) is 3.42. The lowest BCUT2D eigenvalue weighted by molar-refractivity contribution is -0.139. The number of carboxylic acid groups (broad SMARTS) is 1. The third-order valence-electron chi connectivity index (χ3n) is 3.65. The molecule has 0 radical (unpaired) electrons. The molecule has 1 amide bonds. The summed E-state index contributed by atoms with van der Waals surface area (Å²) < 4.78 is 5.03. The number of rotatable bonds is 10. The highest BCUT2D eigenvalue weighted by Gasteiger charge is 2.29. The molecule has 0 bridgehead atoms. The molecule has 0 saturated carbocycles. The minimum Gasteiger partial charge on any atom is -0.481 e. The second kappa shape index (κ2) is 9.30. The Morgan fingerprint density at radius 3 is 2.35 bits per heavy atom. The lowest BCUT2D eigenvalue weighted by Crippen LogP contribution is -2.51. The van der Waals surface area contributed by atoms with Crippen molar-refractivity contribution in [3.63, 3.8) is 0 Å². The number of hydrogen-bond donors (Lipinski definition) is 2. The summed E-state index contributed by atoms with van der Waals surface area (Å²) in [5.74, 6) is -1.17. The molecule has 1 rings (SSSR count). The smallest absolute Gasteiger partial charge is 0.305 e. The Morgan fingerprint density at radius 2 is 1.83 bits per heavy atom. The van der Waals surface area contributed by atoms with E-state index < -0.39 is 11.5 Å². The zero-order valence-corrected chi connectivity index (χ0v) is 14.2. The number of nitrogens with one attached hydrogen (secondary N) is 1. The van der Waals surface area contributed by atoms with Crippen LogP contribution in [0.2, 0.25) is 0 Å². The first-order valence-corrected chi connectivity index (χ1v) is 7.98. The van der Waals surface area contributed by atoms with Crippen molar-refractivity contribution in [2.45, 2.75) is 51.5 Å². The Bertz CT molecular complexity index is 512. The number of ether oxygens (including phenoxy) is 1. The van der Waals surface area contributed by atoms with Crippen molar-refractivity contribution in [3.8, 4) is 0 Å². The van der Waals surface area contributed by atoms with Crippen LogP contribution in [0.4, 0.5) is 0 Å². The molecule has 0 fully saturated rings. The van der Waals surface area contributed by atoms with Gasteiger partial charge in [-0.25, -0.2) is 0 Å². The first-order chi connectivity index (χ1) is 10.9. The van der Waals surface area contributed by atoms with Gasteiger partial charge in [-0.2, -0.15) is 0 Å². The van der Waals surface area contributed by atoms with E-state index in [-0.39, 0.29) is 25.4 Å². The van der Waals surface area contributed by atoms with Crippen molar-refractivity contribution in [1.82, 2.24) is 5.32 Å². The normalized spacial score (nSPS) is 13.3. The van der Waals surface area contributed by atoms with Gasteiger partial charge in [-0.1, -0.05) is 37.6 Å². The minimum absolute atomic E-state index is 0.154. The van der Waals surface area contributed by atoms with Crippen LogP contribution in [0.1, 0.15) is 44.2 Å². The van der Waals surface area contributed by atoms with E-state index in [4.69, 9.17) is 9.84 Å². The van der Waals surface area contributed by atoms with Gasteiger partial charge in [0.25, 0.3) is 0 Å². The topological polar surface area (TPSA) is 75.6 Å². The van der Waals surface area contributed by atoms with Gasteiger partial charge in [-0.3, -0.25) is 9.59 Å². The van der Waals surface area contributed by atoms with Crippen LogP contribution >= 0.6 is 0 Å². The van der Waals surface area contributed by atoms with Crippen LogP contribution in [0.15, 0.2) is 24.3 Å². The largest absolute Gasteiger partial charge is 0.481 e. The quantitative estimate of drug-likeness (QED) is 0.694. The molecule has 0 aliphatic rings. The molecule has 5 heteroatoms. The van der Waals surface area contributed by atoms with E-state index in [2.05, 4.69) is 12.2 Å². The van der Waals surface area contributed by atoms with Gasteiger partial charge in [0.05, 0.1) is 25.0 Å². The van der Waals surface area contributed by atoms with Crippen molar-refractivity contribution in [3.05, 3.63) is 35.4 Å². The molecule has 0 spiro atoms. The lowest BCUT2D eigenvalue weighted by atomic mass is 9.98. The standard InChI is InChI=1S/C18H27NO4/c1-4-5-6-14-7-9-15(10-8-14)11-16(20)19-18(2,13-23-3)12-17(21)22/h7-10H,4-6,11-13H2,1-3H3,(H,19,20)(H,21,22). The zero-order valence-electron chi connectivity index (χ0n) is 14.2. The summed E-state index contributed by atoms with van der Waals surface area (Å²) >= 11 is 0. The van der Waals surface area contributed by atoms with Gasteiger partial charge < -0.3 is 15.2 Å². The van der Waals surface area contributed by atoms with Crippen molar-refractivity contribution < 1.29 is 19.4 Å². The predicted octanol–water partition coefficient (Wildman–Crippen LogP) is 2.57. The molecule has 0 heterocycles. The third-order valence-corrected chi connectivity index (χ3v) is 3.65. The van der Waals surface area contributed by atoms with Gasteiger partial charge in [0, 0.05) is 7.11 Å². The fraction of sp³-hybridized carbons (Fsp3) is 0.556. The number of amides is 1. The lowest BCUT2D eigenvalue weighted by Gasteiger charge is -2.28. The fourth-order valence-corrected chi connectivity index (χ4v) is 2.55. The minimum atomic E-state index is -0.967. The van der Waals surface area contributed by atoms with Gasteiger partial charge in [-0.05, 0) is 30.9 Å². The van der Waals surface area contributed by atoms with E-state index >= 15 is 0 Å². The molecule has 23 heavy (non-hydrogen) atoms. The molecule has 0 aromatic heterocycles. The molecule has 128 valence electrons. The van der Waals surface area contributed by atoms with Crippen molar-refractivity contribution in [2.24, 2.45) is 0 Å². The summed E-state index contributed by atoms with van der Waals surface area (Å²) in [5, 5.41) is 11.8. The molecular formula is C18H27NO4. The molecule has 1 aromatic carbocycles. The van der Waals surface area contributed by atoms with Crippen LogP contribution in [0.5, 0.6) is 0 Å². The molecule has 0 aliphatic carbocycles. The van der Waals surface area contributed by atoms with Gasteiger partial charge in [0.15, 0.2) is 0 Å². The van der Waals surface area contributed by atoms with E-state index in [0.29, 0.717) is 0 Å². The molecule has 2 N–H and O–H groups in total. The molecule has 1 unspecified atom stereocenters. The van der Waals surface area contributed by atoms with Crippen LogP contribution in [-0.4, -0.2) is 36.2 Å². The Balaban J connectivity index is 2.61. The summed E-state index contributed by atoms with van der Waals surface area (Å²) in [6.45, 7) is 3.99. The molecule has 0 aliphatic heterocycles. The van der Waals surface area contributed by atoms with Gasteiger partial charge in [0.1, 0.15) is 0 Å². The van der Waals surface area contributed by atoms with Crippen molar-refractivity contribution >= 4 is 11.9 Å². The monoisotopic (exact) mass is 321 g/mol. The van der Waals surface area contributed by atoms with Crippen LogP contribution < -0.4 is 5.32 Å². The molecule has 1 atom stereocenters. The second-order valence-electron chi connectivity index (χ2n) is 6.21. The highest BCUT2D eigenvalue weighted by Crippen LogP contribution is 2.12. The van der Waals surface area contributed by atoms with E-state index in [9.17, 15) is 9.59 Å². The van der Waals surface area contributed by atoms with Crippen LogP contribution in [-0.2, 0) is 27.2 Å². The van der Waals surface area contributed by atoms with E-state index in [1.54, 1.807) is 6.92 Å². The molecule has 0 saturated heterocycles. The number of benzene rings is 1. The van der Waals surface area contributed by atoms with Crippen LogP contribution in [0.25, 0.3) is 0 Å². The number of aryl methyl sites for hydroxylation is 1. The number of unbranched alkanes of at least 4 members (excludes halogenated alkanes) is 1. The number of aliphatic carboxylic acids is 1. The Hall–Kier alpha value is -1.88. The van der Waals surface area contributed by atoms with Gasteiger partial charge >= 0.3 is 5.97 Å². The SMILES string of the molecule is CCCCc1ccc(CC(=O)NC(C)(COC)CC(=O)O)cc1. The molecule has 1 aromatic rings. The van der Waals surface area contributed by atoms with Gasteiger partial charge in [0.2, 0.25) is 5.91 Å². The Labute approximate surface area is 138 Å². The maximum atomic E-state index is 12.2. The summed E-state index contributed by atoms with van der Waals surface area (Å²) in [4.78, 5) is 23.1. The highest BCUT2D eigenvalue weighted by molar-refractivity contribution is 5.80. The van der Waals surface area contributed by atoms with Crippen molar-refractivity contribution in [2.75, 3.05) is 13.7 Å². The first kappa shape index (κ1) is 19.2. The second-order valence-corrected chi connectivity index (χ2v) is 6.21. The highest BCUT2D eigenvalue weighted by atomic mass is 16.5. The summed E-state index contributed by atoms with van der Waals surface area (Å²) in [5.41, 5.74) is 1.28. The summed E-state index contributed by atoms with van der Waals surface area (Å²) in [6, 6.07) is 8.00. The average molecular weight is 321 g/mol. The zero-order chi connectivity index (χ0) is 17.3. The third kappa shape index (κ3) is 7.28. The number of carbonyl (C=O) groups is 2.